The molecule has 0 atom stereocenters. The van der Waals surface area contributed by atoms with Crippen LogP contribution in [0.5, 0.6) is 0 Å². The van der Waals surface area contributed by atoms with Crippen molar-refractivity contribution in [2.24, 2.45) is 0 Å². The molecule has 0 aliphatic carbocycles. The van der Waals surface area contributed by atoms with Crippen LogP contribution in [-0.4, -0.2) is 24.3 Å². The van der Waals surface area contributed by atoms with Gasteiger partial charge in [-0.3, -0.25) is 9.12 Å². The maximum absolute atomic E-state index is 12.6. The minimum Gasteiger partial charge on any atom is -0.384 e. The molecule has 0 spiro atoms. The fourth-order valence-electron chi connectivity index (χ4n) is 2.54. The lowest BCUT2D eigenvalue weighted by atomic mass is 10.1. The van der Waals surface area contributed by atoms with Gasteiger partial charge in [-0.2, -0.15) is 8.42 Å². The first-order chi connectivity index (χ1) is 10.5. The highest BCUT2D eigenvalue weighted by molar-refractivity contribution is 7.92. The first kappa shape index (κ1) is 13.9. The van der Waals surface area contributed by atoms with Crippen molar-refractivity contribution in [2.45, 2.75) is 11.4 Å². The van der Waals surface area contributed by atoms with Crippen LogP contribution in [-0.2, 0) is 16.4 Å². The van der Waals surface area contributed by atoms with Gasteiger partial charge in [0.1, 0.15) is 0 Å². The van der Waals surface area contributed by atoms with Gasteiger partial charge in [0.2, 0.25) is 0 Å². The molecule has 2 N–H and O–H groups in total. The summed E-state index contributed by atoms with van der Waals surface area (Å²) in [6.45, 7) is 0.871. The lowest BCUT2D eigenvalue weighted by molar-refractivity contribution is 0.597. The van der Waals surface area contributed by atoms with Crippen LogP contribution in [0.3, 0.4) is 0 Å². The molecule has 0 amide bonds. The zero-order valence-corrected chi connectivity index (χ0v) is 13.6. The monoisotopic (exact) mass is 354 g/mol. The molecule has 22 heavy (non-hydrogen) atoms. The highest BCUT2D eigenvalue weighted by atomic mass is 35.5. The zero-order chi connectivity index (χ0) is 15.3. The summed E-state index contributed by atoms with van der Waals surface area (Å²) < 4.78 is 29.3. The second-order valence-corrected chi connectivity index (χ2v) is 7.75. The molecule has 0 fully saturated rings. The SMILES string of the molecule is O=S(=O)(Nc1ccc2c(c1)NCC2)c1c(Cl)nc2sccn12. The van der Waals surface area contributed by atoms with Gasteiger partial charge < -0.3 is 5.32 Å². The molecule has 0 bridgehead atoms. The van der Waals surface area contributed by atoms with Crippen molar-refractivity contribution >= 4 is 49.3 Å². The summed E-state index contributed by atoms with van der Waals surface area (Å²) in [7, 11) is -3.82. The Morgan fingerprint density at radius 2 is 2.27 bits per heavy atom. The van der Waals surface area contributed by atoms with E-state index in [0.29, 0.717) is 10.6 Å². The van der Waals surface area contributed by atoms with E-state index in [2.05, 4.69) is 15.0 Å². The Morgan fingerprint density at radius 1 is 1.41 bits per heavy atom. The molecule has 9 heteroatoms. The number of aromatic nitrogens is 2. The third-order valence-corrected chi connectivity index (χ3v) is 6.04. The van der Waals surface area contributed by atoms with Crippen LogP contribution >= 0.6 is 22.9 Å². The molecule has 6 nitrogen and oxygen atoms in total. The largest absolute Gasteiger partial charge is 0.384 e. The molecule has 1 aromatic carbocycles. The van der Waals surface area contributed by atoms with Gasteiger partial charge in [0.05, 0.1) is 5.69 Å². The van der Waals surface area contributed by atoms with Crippen molar-refractivity contribution in [1.29, 1.82) is 0 Å². The smallest absolute Gasteiger partial charge is 0.281 e. The minimum absolute atomic E-state index is 0.0290. The molecule has 0 saturated carbocycles. The molecule has 3 aromatic rings. The molecule has 4 rings (SSSR count). The molecule has 2 aromatic heterocycles. The van der Waals surface area contributed by atoms with E-state index in [9.17, 15) is 8.42 Å². The number of halogens is 1. The van der Waals surface area contributed by atoms with Gasteiger partial charge in [-0.25, -0.2) is 4.98 Å². The average molecular weight is 355 g/mol. The summed E-state index contributed by atoms with van der Waals surface area (Å²) in [4.78, 5) is 4.60. The molecule has 114 valence electrons. The Hall–Kier alpha value is -1.77. The van der Waals surface area contributed by atoms with Crippen LogP contribution in [0, 0.1) is 0 Å². The van der Waals surface area contributed by atoms with E-state index in [1.54, 1.807) is 23.7 Å². The fourth-order valence-corrected chi connectivity index (χ4v) is 5.04. The number of imidazole rings is 1. The van der Waals surface area contributed by atoms with Crippen molar-refractivity contribution in [2.75, 3.05) is 16.6 Å². The van der Waals surface area contributed by atoms with Crippen molar-refractivity contribution in [1.82, 2.24) is 9.38 Å². The van der Waals surface area contributed by atoms with Crippen LogP contribution < -0.4 is 10.0 Å². The third kappa shape index (κ3) is 2.15. The van der Waals surface area contributed by atoms with E-state index in [1.807, 2.05) is 6.07 Å². The second kappa shape index (κ2) is 4.87. The van der Waals surface area contributed by atoms with E-state index < -0.39 is 10.0 Å². The number of benzene rings is 1. The van der Waals surface area contributed by atoms with E-state index >= 15 is 0 Å². The highest BCUT2D eigenvalue weighted by Gasteiger charge is 2.25. The number of sulfonamides is 1. The number of nitrogens with zero attached hydrogens (tertiary/aromatic N) is 2. The van der Waals surface area contributed by atoms with Crippen LogP contribution in [0.4, 0.5) is 11.4 Å². The standard InChI is InChI=1S/C13H11ClN4O2S2/c14-11-12(18-5-6-21-13(18)16-11)22(19,20)17-9-2-1-8-3-4-15-10(8)7-9/h1-2,5-7,15,17H,3-4H2. The van der Waals surface area contributed by atoms with Gasteiger partial charge in [0.25, 0.3) is 10.0 Å². The van der Waals surface area contributed by atoms with E-state index in [-0.39, 0.29) is 10.2 Å². The number of hydrogen-bond donors (Lipinski definition) is 2. The second-order valence-electron chi connectivity index (χ2n) is 4.92. The first-order valence-corrected chi connectivity index (χ1v) is 9.29. The zero-order valence-electron chi connectivity index (χ0n) is 11.2. The van der Waals surface area contributed by atoms with Gasteiger partial charge >= 0.3 is 0 Å². The van der Waals surface area contributed by atoms with E-state index in [1.165, 1.54) is 21.3 Å². The molecule has 0 unspecified atom stereocenters. The Balaban J connectivity index is 1.75. The van der Waals surface area contributed by atoms with Crippen molar-refractivity contribution in [3.05, 3.63) is 40.5 Å². The van der Waals surface area contributed by atoms with Crippen molar-refractivity contribution < 1.29 is 8.42 Å². The molecular formula is C13H11ClN4O2S2. The molecule has 1 aliphatic heterocycles. The lowest BCUT2D eigenvalue weighted by Gasteiger charge is -2.09. The fraction of sp³-hybridized carbons (Fsp3) is 0.154. The van der Waals surface area contributed by atoms with Crippen molar-refractivity contribution in [3.63, 3.8) is 0 Å². The van der Waals surface area contributed by atoms with E-state index in [4.69, 9.17) is 11.6 Å². The van der Waals surface area contributed by atoms with E-state index in [0.717, 1.165) is 18.7 Å². The van der Waals surface area contributed by atoms with Gasteiger partial charge in [-0.15, -0.1) is 11.3 Å². The average Bonchev–Trinajstić information content (AvgIpc) is 3.11. The van der Waals surface area contributed by atoms with Crippen LogP contribution in [0.15, 0.2) is 34.8 Å². The number of anilines is 2. The molecule has 0 radical (unpaired) electrons. The Morgan fingerprint density at radius 3 is 3.14 bits per heavy atom. The highest BCUT2D eigenvalue weighted by Crippen LogP contribution is 2.30. The number of fused-ring (bicyclic) bond motifs is 2. The molecule has 0 saturated heterocycles. The third-order valence-electron chi connectivity index (χ3n) is 3.50. The predicted molar refractivity (Wildman–Crippen MR) is 87.5 cm³/mol. The molecule has 1 aliphatic rings. The summed E-state index contributed by atoms with van der Waals surface area (Å²) in [6.07, 6.45) is 2.59. The van der Waals surface area contributed by atoms with Gasteiger partial charge in [-0.1, -0.05) is 17.7 Å². The summed E-state index contributed by atoms with van der Waals surface area (Å²) in [5.74, 6) is 0. The summed E-state index contributed by atoms with van der Waals surface area (Å²) in [5, 5.41) is 4.91. The van der Waals surface area contributed by atoms with Gasteiger partial charge in [0.15, 0.2) is 15.1 Å². The maximum atomic E-state index is 12.6. The normalized spacial score (nSPS) is 14.0. The Bertz CT molecular complexity index is 977. The number of rotatable bonds is 3. The van der Waals surface area contributed by atoms with Crippen molar-refractivity contribution in [3.8, 4) is 0 Å². The van der Waals surface area contributed by atoms with Crippen LogP contribution in [0.2, 0.25) is 5.15 Å². The van der Waals surface area contributed by atoms with Gasteiger partial charge in [-0.05, 0) is 24.1 Å². The Kier molecular flexibility index (Phi) is 3.07. The van der Waals surface area contributed by atoms with Crippen LogP contribution in [0.1, 0.15) is 5.56 Å². The minimum atomic E-state index is -3.82. The summed E-state index contributed by atoms with van der Waals surface area (Å²) in [6, 6.07) is 5.47. The first-order valence-electron chi connectivity index (χ1n) is 6.55. The summed E-state index contributed by atoms with van der Waals surface area (Å²) in [5.41, 5.74) is 2.64. The quantitative estimate of drug-likeness (QED) is 0.758. The molecule has 3 heterocycles. The lowest BCUT2D eigenvalue weighted by Crippen LogP contribution is -2.15. The summed E-state index contributed by atoms with van der Waals surface area (Å²) >= 11 is 7.32. The number of hydrogen-bond acceptors (Lipinski definition) is 5. The predicted octanol–water partition coefficient (Wildman–Crippen LogP) is 2.82. The van der Waals surface area contributed by atoms with Gasteiger partial charge in [0, 0.05) is 23.8 Å². The Labute approximate surface area is 135 Å². The number of thiazole rings is 1. The number of nitrogens with one attached hydrogen (secondary N) is 2. The molecular weight excluding hydrogens is 344 g/mol. The maximum Gasteiger partial charge on any atom is 0.281 e. The topological polar surface area (TPSA) is 75.5 Å². The van der Waals surface area contributed by atoms with Crippen LogP contribution in [0.25, 0.3) is 4.96 Å².